The Hall–Kier alpha value is -1.63. The molecule has 1 aromatic carbocycles. The van der Waals surface area contributed by atoms with Crippen LogP contribution < -0.4 is 0 Å². The molecule has 1 saturated carbocycles. The van der Waals surface area contributed by atoms with Crippen LogP contribution in [-0.2, 0) is 9.59 Å². The summed E-state index contributed by atoms with van der Waals surface area (Å²) in [7, 11) is 0. The monoisotopic (exact) mass is 340 g/mol. The van der Waals surface area contributed by atoms with Gasteiger partial charge in [0.05, 0.1) is 5.75 Å². The second-order valence-electron chi connectivity index (χ2n) is 5.84. The minimum atomic E-state index is -0.908. The molecule has 0 aromatic heterocycles. The van der Waals surface area contributed by atoms with Crippen molar-refractivity contribution in [2.75, 3.05) is 31.9 Å². The molecule has 0 atom stereocenters. The first-order chi connectivity index (χ1) is 11.0. The number of nitrogens with zero attached hydrogens (tertiary/aromatic N) is 2. The third kappa shape index (κ3) is 4.02. The lowest BCUT2D eigenvalue weighted by molar-refractivity contribution is -0.139. The van der Waals surface area contributed by atoms with E-state index in [1.165, 1.54) is 17.8 Å². The molecule has 124 valence electrons. The maximum absolute atomic E-state index is 13.1. The van der Waals surface area contributed by atoms with Gasteiger partial charge in [-0.2, -0.15) is 0 Å². The van der Waals surface area contributed by atoms with Crippen LogP contribution in [0, 0.1) is 17.6 Å². The first-order valence-corrected chi connectivity index (χ1v) is 8.67. The largest absolute Gasteiger partial charge is 0.339 e. The molecule has 0 spiro atoms. The summed E-state index contributed by atoms with van der Waals surface area (Å²) in [5.41, 5.74) is 0. The topological polar surface area (TPSA) is 40.6 Å². The third-order valence-corrected chi connectivity index (χ3v) is 5.10. The molecule has 2 amide bonds. The number of benzene rings is 1. The average Bonchev–Trinajstić information content (AvgIpc) is 3.40. The maximum Gasteiger partial charge on any atom is 0.233 e. The highest BCUT2D eigenvalue weighted by Gasteiger charge is 2.35. The van der Waals surface area contributed by atoms with Crippen LogP contribution in [-0.4, -0.2) is 53.5 Å². The SMILES string of the molecule is O=C(CSc1ccc(F)c(F)c1)N1CCN(C(=O)C2CC2)CC1. The number of thioether (sulfide) groups is 1. The predicted octanol–water partition coefficient (Wildman–Crippen LogP) is 2.14. The van der Waals surface area contributed by atoms with Gasteiger partial charge in [-0.25, -0.2) is 8.78 Å². The Morgan fingerprint density at radius 3 is 2.30 bits per heavy atom. The molecule has 1 saturated heterocycles. The second-order valence-corrected chi connectivity index (χ2v) is 6.89. The van der Waals surface area contributed by atoms with Gasteiger partial charge in [0, 0.05) is 37.0 Å². The molecule has 1 aliphatic heterocycles. The standard InChI is InChI=1S/C16H18F2N2O2S/c17-13-4-3-12(9-14(13)18)23-10-15(21)19-5-7-20(8-6-19)16(22)11-1-2-11/h3-4,9,11H,1-2,5-8,10H2. The number of piperazine rings is 1. The van der Waals surface area contributed by atoms with Gasteiger partial charge in [-0.15, -0.1) is 11.8 Å². The zero-order valence-electron chi connectivity index (χ0n) is 12.6. The number of carbonyl (C=O) groups excluding carboxylic acids is 2. The lowest BCUT2D eigenvalue weighted by Gasteiger charge is -2.34. The maximum atomic E-state index is 13.1. The van der Waals surface area contributed by atoms with Crippen molar-refractivity contribution >= 4 is 23.6 Å². The Bertz CT molecular complexity index is 614. The summed E-state index contributed by atoms with van der Waals surface area (Å²) in [6, 6.07) is 3.62. The van der Waals surface area contributed by atoms with Crippen LogP contribution in [0.3, 0.4) is 0 Å². The summed E-state index contributed by atoms with van der Waals surface area (Å²) in [6.45, 7) is 2.24. The highest BCUT2D eigenvalue weighted by molar-refractivity contribution is 8.00. The van der Waals surface area contributed by atoms with E-state index in [4.69, 9.17) is 0 Å². The lowest BCUT2D eigenvalue weighted by atomic mass is 10.2. The number of hydrogen-bond donors (Lipinski definition) is 0. The fraction of sp³-hybridized carbons (Fsp3) is 0.500. The van der Waals surface area contributed by atoms with Crippen molar-refractivity contribution in [3.05, 3.63) is 29.8 Å². The van der Waals surface area contributed by atoms with Gasteiger partial charge in [0.1, 0.15) is 0 Å². The summed E-state index contributed by atoms with van der Waals surface area (Å²) in [4.78, 5) is 28.2. The molecular formula is C16H18F2N2O2S. The van der Waals surface area contributed by atoms with Crippen molar-refractivity contribution < 1.29 is 18.4 Å². The van der Waals surface area contributed by atoms with Gasteiger partial charge in [0.2, 0.25) is 11.8 Å². The molecule has 0 unspecified atom stereocenters. The Morgan fingerprint density at radius 2 is 1.70 bits per heavy atom. The first kappa shape index (κ1) is 16.2. The summed E-state index contributed by atoms with van der Waals surface area (Å²) in [5, 5.41) is 0. The van der Waals surface area contributed by atoms with Crippen LogP contribution in [0.2, 0.25) is 0 Å². The van der Waals surface area contributed by atoms with Gasteiger partial charge in [-0.3, -0.25) is 9.59 Å². The van der Waals surface area contributed by atoms with E-state index >= 15 is 0 Å². The Labute approximate surface area is 137 Å². The van der Waals surface area contributed by atoms with Crippen molar-refractivity contribution in [3.63, 3.8) is 0 Å². The predicted molar refractivity (Wildman–Crippen MR) is 83.0 cm³/mol. The third-order valence-electron chi connectivity index (χ3n) is 4.12. The fourth-order valence-corrected chi connectivity index (χ4v) is 3.39. The molecule has 3 rings (SSSR count). The number of rotatable bonds is 4. The molecule has 1 aliphatic carbocycles. The van der Waals surface area contributed by atoms with E-state index in [0.717, 1.165) is 25.0 Å². The van der Waals surface area contributed by atoms with E-state index < -0.39 is 11.6 Å². The van der Waals surface area contributed by atoms with E-state index in [9.17, 15) is 18.4 Å². The van der Waals surface area contributed by atoms with Crippen molar-refractivity contribution in [1.82, 2.24) is 9.80 Å². The first-order valence-electron chi connectivity index (χ1n) is 7.69. The molecule has 2 fully saturated rings. The van der Waals surface area contributed by atoms with Crippen LogP contribution in [0.5, 0.6) is 0 Å². The molecule has 2 aliphatic rings. The summed E-state index contributed by atoms with van der Waals surface area (Å²) < 4.78 is 26.0. The van der Waals surface area contributed by atoms with Crippen molar-refractivity contribution in [1.29, 1.82) is 0 Å². The number of halogens is 2. The fourth-order valence-electron chi connectivity index (χ4n) is 2.57. The van der Waals surface area contributed by atoms with Crippen LogP contribution in [0.1, 0.15) is 12.8 Å². The molecule has 1 heterocycles. The summed E-state index contributed by atoms with van der Waals surface area (Å²) in [6.07, 6.45) is 1.98. The minimum absolute atomic E-state index is 0.0433. The molecular weight excluding hydrogens is 322 g/mol. The Kier molecular flexibility index (Phi) is 4.84. The van der Waals surface area contributed by atoms with Crippen molar-refractivity contribution in [3.8, 4) is 0 Å². The van der Waals surface area contributed by atoms with Crippen LogP contribution >= 0.6 is 11.8 Å². The number of carbonyl (C=O) groups is 2. The van der Waals surface area contributed by atoms with Crippen LogP contribution in [0.15, 0.2) is 23.1 Å². The van der Waals surface area contributed by atoms with Gasteiger partial charge in [0.25, 0.3) is 0 Å². The van der Waals surface area contributed by atoms with Crippen LogP contribution in [0.25, 0.3) is 0 Å². The molecule has 0 N–H and O–H groups in total. The van der Waals surface area contributed by atoms with E-state index in [-0.39, 0.29) is 23.5 Å². The van der Waals surface area contributed by atoms with Gasteiger partial charge < -0.3 is 9.80 Å². The zero-order valence-corrected chi connectivity index (χ0v) is 13.5. The van der Waals surface area contributed by atoms with E-state index in [0.29, 0.717) is 31.1 Å². The molecule has 4 nitrogen and oxygen atoms in total. The van der Waals surface area contributed by atoms with Gasteiger partial charge in [-0.1, -0.05) is 0 Å². The lowest BCUT2D eigenvalue weighted by Crippen LogP contribution is -2.51. The zero-order chi connectivity index (χ0) is 16.4. The van der Waals surface area contributed by atoms with Gasteiger partial charge >= 0.3 is 0 Å². The summed E-state index contributed by atoms with van der Waals surface area (Å²) in [5.74, 6) is -1.23. The van der Waals surface area contributed by atoms with Crippen LogP contribution in [0.4, 0.5) is 8.78 Å². The Morgan fingerprint density at radius 1 is 1.04 bits per heavy atom. The van der Waals surface area contributed by atoms with E-state index in [1.54, 1.807) is 4.90 Å². The molecule has 7 heteroatoms. The molecule has 23 heavy (non-hydrogen) atoms. The molecule has 0 radical (unpaired) electrons. The van der Waals surface area contributed by atoms with E-state index in [1.807, 2.05) is 4.90 Å². The van der Waals surface area contributed by atoms with Gasteiger partial charge in [0.15, 0.2) is 11.6 Å². The van der Waals surface area contributed by atoms with Crippen molar-refractivity contribution in [2.45, 2.75) is 17.7 Å². The normalized spacial score (nSPS) is 18.2. The molecule has 0 bridgehead atoms. The molecule has 1 aromatic rings. The van der Waals surface area contributed by atoms with Crippen molar-refractivity contribution in [2.24, 2.45) is 5.92 Å². The van der Waals surface area contributed by atoms with Gasteiger partial charge in [-0.05, 0) is 31.0 Å². The van der Waals surface area contributed by atoms with E-state index in [2.05, 4.69) is 0 Å². The second kappa shape index (κ2) is 6.86. The number of hydrogen-bond acceptors (Lipinski definition) is 3. The highest BCUT2D eigenvalue weighted by atomic mass is 32.2. The quantitative estimate of drug-likeness (QED) is 0.789. The number of amides is 2. The smallest absolute Gasteiger partial charge is 0.233 e. The average molecular weight is 340 g/mol. The Balaban J connectivity index is 1.45. The minimum Gasteiger partial charge on any atom is -0.339 e. The highest BCUT2D eigenvalue weighted by Crippen LogP contribution is 2.31. The summed E-state index contributed by atoms with van der Waals surface area (Å²) >= 11 is 1.19.